The van der Waals surface area contributed by atoms with Crippen LogP contribution in [-0.2, 0) is 38.1 Å². The summed E-state index contributed by atoms with van der Waals surface area (Å²) in [6, 6.07) is 0. The van der Waals surface area contributed by atoms with E-state index in [1.54, 1.807) is 7.05 Å². The number of rotatable bonds is 10. The van der Waals surface area contributed by atoms with Crippen molar-refractivity contribution in [1.82, 2.24) is 5.32 Å². The number of hydrogen-bond acceptors (Lipinski definition) is 10. The number of hydrogen-bond donors (Lipinski definition) is 2. The summed E-state index contributed by atoms with van der Waals surface area (Å²) in [6.07, 6.45) is -5.29. The van der Waals surface area contributed by atoms with Crippen LogP contribution in [0.1, 0.15) is 27.7 Å². The Bertz CT molecular complexity index is 480. The average Bonchev–Trinajstić information content (AvgIpc) is 2.46. The van der Waals surface area contributed by atoms with E-state index in [1.807, 2.05) is 0 Å². The molecule has 4 atom stereocenters. The third-order valence-electron chi connectivity index (χ3n) is 2.86. The van der Waals surface area contributed by atoms with Gasteiger partial charge in [-0.3, -0.25) is 19.2 Å². The van der Waals surface area contributed by atoms with Crippen molar-refractivity contribution in [2.24, 2.45) is 0 Å². The van der Waals surface area contributed by atoms with E-state index >= 15 is 0 Å². The summed E-state index contributed by atoms with van der Waals surface area (Å²) in [4.78, 5) is 45.2. The van der Waals surface area contributed by atoms with Crippen molar-refractivity contribution in [2.45, 2.75) is 52.1 Å². The van der Waals surface area contributed by atoms with E-state index in [-0.39, 0.29) is 6.54 Å². The smallest absolute Gasteiger partial charge is 0.303 e. The number of aliphatic hydroxyl groups excluding tert-OH is 1. The maximum Gasteiger partial charge on any atom is 0.303 e. The SMILES string of the molecule is CNC[C@H](O)[C@@H](OC(C)=O)[C@H](OC(C)=O)[C@@H](COC(C)=O)OC(C)=O. The van der Waals surface area contributed by atoms with E-state index in [1.165, 1.54) is 0 Å². The molecular formula is C15H25NO9. The van der Waals surface area contributed by atoms with Gasteiger partial charge in [0.1, 0.15) is 12.7 Å². The maximum absolute atomic E-state index is 11.4. The number of likely N-dealkylation sites (N-methyl/N-ethyl adjacent to an activating group) is 1. The zero-order valence-corrected chi connectivity index (χ0v) is 14.9. The monoisotopic (exact) mass is 363 g/mol. The van der Waals surface area contributed by atoms with E-state index in [2.05, 4.69) is 5.32 Å². The highest BCUT2D eigenvalue weighted by Crippen LogP contribution is 2.18. The highest BCUT2D eigenvalue weighted by atomic mass is 16.6. The van der Waals surface area contributed by atoms with Crippen molar-refractivity contribution in [3.8, 4) is 0 Å². The minimum Gasteiger partial charge on any atom is -0.462 e. The Labute approximate surface area is 145 Å². The van der Waals surface area contributed by atoms with Gasteiger partial charge < -0.3 is 29.4 Å². The van der Waals surface area contributed by atoms with E-state index in [4.69, 9.17) is 18.9 Å². The standard InChI is InChI=1S/C15H25NO9/c1-8(17)22-7-13(23-9(2)18)15(25-11(4)20)14(24-10(3)19)12(21)6-16-5/h12-16,21H,6-7H2,1-5H3/t12-,13+,14+,15+/m0/s1. The van der Waals surface area contributed by atoms with Crippen LogP contribution < -0.4 is 5.32 Å². The van der Waals surface area contributed by atoms with Gasteiger partial charge in [0.25, 0.3) is 0 Å². The van der Waals surface area contributed by atoms with Gasteiger partial charge in [-0.25, -0.2) is 0 Å². The van der Waals surface area contributed by atoms with Crippen LogP contribution in [-0.4, -0.2) is 73.6 Å². The molecule has 0 aromatic heterocycles. The van der Waals surface area contributed by atoms with Gasteiger partial charge in [0.2, 0.25) is 0 Å². The lowest BCUT2D eigenvalue weighted by molar-refractivity contribution is -0.197. The molecule has 0 heterocycles. The average molecular weight is 363 g/mol. The van der Waals surface area contributed by atoms with E-state index in [0.29, 0.717) is 0 Å². The maximum atomic E-state index is 11.4. The number of nitrogens with one attached hydrogen (secondary N) is 1. The Morgan fingerprint density at radius 2 is 1.32 bits per heavy atom. The Kier molecular flexibility index (Phi) is 10.4. The van der Waals surface area contributed by atoms with Gasteiger partial charge in [-0.15, -0.1) is 0 Å². The molecule has 0 aliphatic carbocycles. The first-order chi connectivity index (χ1) is 11.6. The fraction of sp³-hybridized carbons (Fsp3) is 0.733. The van der Waals surface area contributed by atoms with Gasteiger partial charge in [-0.05, 0) is 7.05 Å². The number of aliphatic hydroxyl groups is 1. The second kappa shape index (κ2) is 11.4. The first-order valence-electron chi connectivity index (χ1n) is 7.56. The second-order valence-corrected chi connectivity index (χ2v) is 5.22. The van der Waals surface area contributed by atoms with Crippen LogP contribution in [0.3, 0.4) is 0 Å². The third-order valence-corrected chi connectivity index (χ3v) is 2.86. The Hall–Kier alpha value is -2.20. The van der Waals surface area contributed by atoms with E-state index < -0.39 is 54.9 Å². The van der Waals surface area contributed by atoms with Gasteiger partial charge in [0.05, 0.1) is 0 Å². The first-order valence-corrected chi connectivity index (χ1v) is 7.56. The van der Waals surface area contributed by atoms with Crippen molar-refractivity contribution >= 4 is 23.9 Å². The predicted molar refractivity (Wildman–Crippen MR) is 83.2 cm³/mol. The van der Waals surface area contributed by atoms with Crippen molar-refractivity contribution in [1.29, 1.82) is 0 Å². The van der Waals surface area contributed by atoms with Crippen LogP contribution >= 0.6 is 0 Å². The van der Waals surface area contributed by atoms with Crippen LogP contribution in [0.5, 0.6) is 0 Å². The highest BCUT2D eigenvalue weighted by molar-refractivity contribution is 5.68. The highest BCUT2D eigenvalue weighted by Gasteiger charge is 2.41. The minimum atomic E-state index is -1.38. The molecule has 0 bridgehead atoms. The van der Waals surface area contributed by atoms with E-state index in [9.17, 15) is 24.3 Å². The summed E-state index contributed by atoms with van der Waals surface area (Å²) >= 11 is 0. The molecule has 0 spiro atoms. The minimum absolute atomic E-state index is 0.00390. The second-order valence-electron chi connectivity index (χ2n) is 5.22. The van der Waals surface area contributed by atoms with Crippen LogP contribution in [0.2, 0.25) is 0 Å². The van der Waals surface area contributed by atoms with Crippen LogP contribution in [0.4, 0.5) is 0 Å². The number of carbonyl (C=O) groups is 4. The summed E-state index contributed by atoms with van der Waals surface area (Å²) < 4.78 is 20.0. The van der Waals surface area contributed by atoms with Gasteiger partial charge in [0, 0.05) is 34.2 Å². The topological polar surface area (TPSA) is 137 Å². The molecular weight excluding hydrogens is 338 g/mol. The number of ether oxygens (including phenoxy) is 4. The zero-order chi connectivity index (χ0) is 19.6. The molecule has 144 valence electrons. The van der Waals surface area contributed by atoms with Gasteiger partial charge >= 0.3 is 23.9 Å². The molecule has 0 saturated heterocycles. The van der Waals surface area contributed by atoms with Crippen molar-refractivity contribution in [3.05, 3.63) is 0 Å². The molecule has 0 aliphatic rings. The lowest BCUT2D eigenvalue weighted by atomic mass is 10.0. The Morgan fingerprint density at radius 3 is 1.72 bits per heavy atom. The Balaban J connectivity index is 5.68. The molecule has 10 nitrogen and oxygen atoms in total. The molecule has 10 heteroatoms. The normalized spacial score (nSPS) is 15.3. The molecule has 0 rings (SSSR count). The van der Waals surface area contributed by atoms with E-state index in [0.717, 1.165) is 27.7 Å². The summed E-state index contributed by atoms with van der Waals surface area (Å²) in [5.74, 6) is -2.90. The quantitative estimate of drug-likeness (QED) is 0.364. The van der Waals surface area contributed by atoms with Crippen molar-refractivity contribution < 1.29 is 43.2 Å². The molecule has 0 fully saturated rings. The summed E-state index contributed by atoms with van der Waals surface area (Å²) in [7, 11) is 1.55. The first kappa shape index (κ1) is 22.8. The number of esters is 4. The molecule has 2 N–H and O–H groups in total. The largest absolute Gasteiger partial charge is 0.462 e. The predicted octanol–water partition coefficient (Wildman–Crippen LogP) is -1.08. The molecule has 0 aromatic carbocycles. The van der Waals surface area contributed by atoms with Crippen molar-refractivity contribution in [2.75, 3.05) is 20.2 Å². The summed E-state index contributed by atoms with van der Waals surface area (Å²) in [5, 5.41) is 12.9. The molecule has 0 radical (unpaired) electrons. The van der Waals surface area contributed by atoms with Gasteiger partial charge in [-0.1, -0.05) is 0 Å². The molecule has 0 aromatic rings. The van der Waals surface area contributed by atoms with Crippen LogP contribution in [0.25, 0.3) is 0 Å². The Morgan fingerprint density at radius 1 is 0.840 bits per heavy atom. The molecule has 0 amide bonds. The molecule has 25 heavy (non-hydrogen) atoms. The lowest BCUT2D eigenvalue weighted by Gasteiger charge is -2.33. The van der Waals surface area contributed by atoms with Crippen LogP contribution in [0, 0.1) is 0 Å². The molecule has 0 saturated carbocycles. The number of carbonyl (C=O) groups excluding carboxylic acids is 4. The third kappa shape index (κ3) is 9.62. The molecule has 0 unspecified atom stereocenters. The summed E-state index contributed by atoms with van der Waals surface area (Å²) in [5.41, 5.74) is 0. The van der Waals surface area contributed by atoms with Gasteiger partial charge in [-0.2, -0.15) is 0 Å². The van der Waals surface area contributed by atoms with Gasteiger partial charge in [0.15, 0.2) is 18.3 Å². The zero-order valence-electron chi connectivity index (χ0n) is 14.9. The molecule has 0 aliphatic heterocycles. The fourth-order valence-electron chi connectivity index (χ4n) is 2.04. The fourth-order valence-corrected chi connectivity index (χ4v) is 2.04. The van der Waals surface area contributed by atoms with Crippen molar-refractivity contribution in [3.63, 3.8) is 0 Å². The summed E-state index contributed by atoms with van der Waals surface area (Å²) in [6.45, 7) is 4.00. The lowest BCUT2D eigenvalue weighted by Crippen LogP contribution is -2.54. The van der Waals surface area contributed by atoms with Crippen LogP contribution in [0.15, 0.2) is 0 Å².